The van der Waals surface area contributed by atoms with Crippen LogP contribution in [0.3, 0.4) is 0 Å². The first kappa shape index (κ1) is 17.1. The Balaban J connectivity index is 1.78. The Morgan fingerprint density at radius 1 is 1.24 bits per heavy atom. The van der Waals surface area contributed by atoms with Crippen LogP contribution in [0.25, 0.3) is 0 Å². The van der Waals surface area contributed by atoms with Crippen LogP contribution in [0.1, 0.15) is 34.3 Å². The number of benzene rings is 2. The van der Waals surface area contributed by atoms with Crippen molar-refractivity contribution in [2.24, 2.45) is 5.73 Å². The lowest BCUT2D eigenvalue weighted by atomic mass is 10.0. The molecule has 1 aliphatic heterocycles. The molecule has 0 radical (unpaired) electrons. The zero-order valence-corrected chi connectivity index (χ0v) is 13.9. The van der Waals surface area contributed by atoms with Crippen molar-refractivity contribution in [2.45, 2.75) is 31.8 Å². The number of nitro groups is 1. The summed E-state index contributed by atoms with van der Waals surface area (Å²) in [5.74, 6) is -0.655. The van der Waals surface area contributed by atoms with Gasteiger partial charge in [-0.1, -0.05) is 36.4 Å². The van der Waals surface area contributed by atoms with Crippen LogP contribution in [-0.2, 0) is 13.0 Å². The van der Waals surface area contributed by atoms with Crippen molar-refractivity contribution in [1.82, 2.24) is 4.90 Å². The summed E-state index contributed by atoms with van der Waals surface area (Å²) in [7, 11) is 0. The zero-order chi connectivity index (χ0) is 17.8. The fourth-order valence-corrected chi connectivity index (χ4v) is 3.46. The number of carbonyl (C=O) groups is 1. The summed E-state index contributed by atoms with van der Waals surface area (Å²) < 4.78 is 0. The van der Waals surface area contributed by atoms with E-state index in [0.29, 0.717) is 18.2 Å². The van der Waals surface area contributed by atoms with Crippen molar-refractivity contribution >= 4 is 11.6 Å². The molecule has 3 rings (SSSR count). The van der Waals surface area contributed by atoms with Gasteiger partial charge in [-0.05, 0) is 37.4 Å². The Bertz CT molecular complexity index is 777. The SMILES string of the molecule is NC(=O)c1ccc(CN2CCC[C@H]2Cc2ccccc2)c([N+](=O)[O-])c1. The molecule has 2 aromatic carbocycles. The van der Waals surface area contributed by atoms with Gasteiger partial charge in [-0.15, -0.1) is 0 Å². The minimum atomic E-state index is -0.655. The second-order valence-electron chi connectivity index (χ2n) is 6.42. The fourth-order valence-electron chi connectivity index (χ4n) is 3.46. The molecule has 2 aromatic rings. The van der Waals surface area contributed by atoms with Gasteiger partial charge in [0, 0.05) is 29.8 Å². The van der Waals surface area contributed by atoms with Crippen molar-refractivity contribution in [3.8, 4) is 0 Å². The number of nitrogens with zero attached hydrogens (tertiary/aromatic N) is 2. The highest BCUT2D eigenvalue weighted by Crippen LogP contribution is 2.27. The molecule has 0 bridgehead atoms. The average Bonchev–Trinajstić information content (AvgIpc) is 3.02. The molecule has 0 unspecified atom stereocenters. The summed E-state index contributed by atoms with van der Waals surface area (Å²) in [6.07, 6.45) is 3.11. The number of rotatable bonds is 6. The maximum absolute atomic E-state index is 11.4. The molecule has 0 spiro atoms. The third-order valence-electron chi connectivity index (χ3n) is 4.75. The summed E-state index contributed by atoms with van der Waals surface area (Å²) >= 11 is 0. The highest BCUT2D eigenvalue weighted by molar-refractivity contribution is 5.93. The smallest absolute Gasteiger partial charge is 0.274 e. The lowest BCUT2D eigenvalue weighted by Crippen LogP contribution is -2.31. The number of nitrogens with two attached hydrogens (primary N) is 1. The number of likely N-dealkylation sites (tertiary alicyclic amines) is 1. The van der Waals surface area contributed by atoms with Gasteiger partial charge in [0.1, 0.15) is 0 Å². The normalized spacial score (nSPS) is 17.5. The van der Waals surface area contributed by atoms with E-state index in [-0.39, 0.29) is 11.3 Å². The predicted octanol–water partition coefficient (Wildman–Crippen LogP) is 2.90. The highest BCUT2D eigenvalue weighted by atomic mass is 16.6. The van der Waals surface area contributed by atoms with E-state index in [2.05, 4.69) is 17.0 Å². The van der Waals surface area contributed by atoms with Crippen LogP contribution in [0.2, 0.25) is 0 Å². The highest BCUT2D eigenvalue weighted by Gasteiger charge is 2.27. The molecule has 1 saturated heterocycles. The predicted molar refractivity (Wildman–Crippen MR) is 95.2 cm³/mol. The molecular formula is C19H21N3O3. The average molecular weight is 339 g/mol. The van der Waals surface area contributed by atoms with Crippen molar-refractivity contribution in [2.75, 3.05) is 6.54 Å². The van der Waals surface area contributed by atoms with E-state index in [9.17, 15) is 14.9 Å². The fraction of sp³-hybridized carbons (Fsp3) is 0.316. The van der Waals surface area contributed by atoms with E-state index in [1.807, 2.05) is 18.2 Å². The van der Waals surface area contributed by atoms with Crippen LogP contribution >= 0.6 is 0 Å². The lowest BCUT2D eigenvalue weighted by Gasteiger charge is -2.24. The van der Waals surface area contributed by atoms with Gasteiger partial charge in [0.25, 0.3) is 5.69 Å². The molecule has 6 nitrogen and oxygen atoms in total. The van der Waals surface area contributed by atoms with E-state index in [1.54, 1.807) is 12.1 Å². The van der Waals surface area contributed by atoms with Crippen LogP contribution in [-0.4, -0.2) is 28.3 Å². The number of carbonyl (C=O) groups excluding carboxylic acids is 1. The van der Waals surface area contributed by atoms with Gasteiger partial charge < -0.3 is 5.73 Å². The van der Waals surface area contributed by atoms with E-state index < -0.39 is 10.8 Å². The Morgan fingerprint density at radius 3 is 2.68 bits per heavy atom. The molecular weight excluding hydrogens is 318 g/mol. The van der Waals surface area contributed by atoms with Gasteiger partial charge in [0.05, 0.1) is 4.92 Å². The summed E-state index contributed by atoms with van der Waals surface area (Å²) in [5.41, 5.74) is 7.25. The van der Waals surface area contributed by atoms with Crippen molar-refractivity contribution in [3.63, 3.8) is 0 Å². The van der Waals surface area contributed by atoms with Gasteiger partial charge in [-0.25, -0.2) is 0 Å². The molecule has 1 amide bonds. The molecule has 130 valence electrons. The second-order valence-corrected chi connectivity index (χ2v) is 6.42. The molecule has 1 heterocycles. The van der Waals surface area contributed by atoms with Crippen LogP contribution in [0.5, 0.6) is 0 Å². The molecule has 1 fully saturated rings. The number of amides is 1. The van der Waals surface area contributed by atoms with Crippen LogP contribution in [0.4, 0.5) is 5.69 Å². The first-order valence-electron chi connectivity index (χ1n) is 8.39. The lowest BCUT2D eigenvalue weighted by molar-refractivity contribution is -0.385. The Hall–Kier alpha value is -2.73. The third kappa shape index (κ3) is 4.03. The van der Waals surface area contributed by atoms with E-state index in [0.717, 1.165) is 25.8 Å². The van der Waals surface area contributed by atoms with Crippen LogP contribution in [0.15, 0.2) is 48.5 Å². The van der Waals surface area contributed by atoms with Crippen LogP contribution in [0, 0.1) is 10.1 Å². The number of hydrogen-bond donors (Lipinski definition) is 1. The Kier molecular flexibility index (Phi) is 5.09. The third-order valence-corrected chi connectivity index (χ3v) is 4.75. The molecule has 1 aliphatic rings. The van der Waals surface area contributed by atoms with Crippen molar-refractivity contribution in [3.05, 3.63) is 75.3 Å². The van der Waals surface area contributed by atoms with Gasteiger partial charge in [0.2, 0.25) is 5.91 Å². The summed E-state index contributed by atoms with van der Waals surface area (Å²) in [6.45, 7) is 1.43. The summed E-state index contributed by atoms with van der Waals surface area (Å²) in [6, 6.07) is 15.1. The Labute approximate surface area is 146 Å². The number of primary amides is 1. The number of nitro benzene ring substituents is 1. The molecule has 6 heteroatoms. The van der Waals surface area contributed by atoms with Gasteiger partial charge in [-0.3, -0.25) is 19.8 Å². The van der Waals surface area contributed by atoms with Crippen LogP contribution < -0.4 is 5.73 Å². The molecule has 0 aliphatic carbocycles. The second kappa shape index (κ2) is 7.44. The standard InChI is InChI=1S/C19H21N3O3/c20-19(23)15-8-9-16(18(12-15)22(24)25)13-21-10-4-7-17(21)11-14-5-2-1-3-6-14/h1-3,5-6,8-9,12,17H,4,7,10-11,13H2,(H2,20,23)/t17-/m0/s1. The maximum Gasteiger partial charge on any atom is 0.274 e. The first-order valence-corrected chi connectivity index (χ1v) is 8.39. The summed E-state index contributed by atoms with van der Waals surface area (Å²) in [5, 5.41) is 11.4. The summed E-state index contributed by atoms with van der Waals surface area (Å²) in [4.78, 5) is 24.5. The van der Waals surface area contributed by atoms with Crippen molar-refractivity contribution < 1.29 is 9.72 Å². The minimum Gasteiger partial charge on any atom is -0.366 e. The maximum atomic E-state index is 11.4. The first-order chi connectivity index (χ1) is 12.0. The van der Waals surface area contributed by atoms with E-state index in [1.165, 1.54) is 11.6 Å². The van der Waals surface area contributed by atoms with Gasteiger partial charge in [0.15, 0.2) is 0 Å². The molecule has 1 atom stereocenters. The van der Waals surface area contributed by atoms with Gasteiger partial charge >= 0.3 is 0 Å². The monoisotopic (exact) mass is 339 g/mol. The van der Waals surface area contributed by atoms with E-state index in [4.69, 9.17) is 5.73 Å². The number of hydrogen-bond acceptors (Lipinski definition) is 4. The van der Waals surface area contributed by atoms with Gasteiger partial charge in [-0.2, -0.15) is 0 Å². The van der Waals surface area contributed by atoms with Crippen molar-refractivity contribution in [1.29, 1.82) is 0 Å². The minimum absolute atomic E-state index is 0.0401. The molecule has 0 aromatic heterocycles. The topological polar surface area (TPSA) is 89.5 Å². The molecule has 25 heavy (non-hydrogen) atoms. The zero-order valence-electron chi connectivity index (χ0n) is 13.9. The van der Waals surface area contributed by atoms with E-state index >= 15 is 0 Å². The quantitative estimate of drug-likeness (QED) is 0.647. The largest absolute Gasteiger partial charge is 0.366 e. The molecule has 0 saturated carbocycles. The Morgan fingerprint density at radius 2 is 2.00 bits per heavy atom. The molecule has 2 N–H and O–H groups in total.